The molecule has 2 aliphatic carbocycles. The number of likely N-dealkylation sites (N-methyl/N-ethyl adjacent to an activating group) is 7. The van der Waals surface area contributed by atoms with Crippen LogP contribution >= 0.6 is 0 Å². The molecule has 1 spiro atoms. The molecule has 3 N–H and O–H groups in total. The first-order valence-corrected chi connectivity index (χ1v) is 35.7. The van der Waals surface area contributed by atoms with Crippen molar-refractivity contribution in [2.45, 2.75) is 202 Å². The molecule has 5 fully saturated rings. The summed E-state index contributed by atoms with van der Waals surface area (Å²) in [6, 6.07) is -9.97. The van der Waals surface area contributed by atoms with E-state index in [1.54, 1.807) is 6.92 Å². The van der Waals surface area contributed by atoms with Gasteiger partial charge in [0, 0.05) is 75.3 Å². The Morgan fingerprint density at radius 3 is 1.72 bits per heavy atom. The van der Waals surface area contributed by atoms with Crippen LogP contribution in [0.25, 0.3) is 0 Å². The number of amides is 12. The molecule has 0 unspecified atom stereocenters. The number of hydrogen-bond acceptors (Lipinski definition) is 12. The van der Waals surface area contributed by atoms with Crippen molar-refractivity contribution in [3.63, 3.8) is 0 Å². The van der Waals surface area contributed by atoms with Crippen LogP contribution in [0.3, 0.4) is 0 Å². The van der Waals surface area contributed by atoms with Crippen LogP contribution in [0.2, 0.25) is 0 Å². The van der Waals surface area contributed by atoms with Crippen LogP contribution < -0.4 is 16.0 Å². The van der Waals surface area contributed by atoms with Crippen LogP contribution in [0.15, 0.2) is 36.4 Å². The fraction of sp³-hybridized carbons (Fsp3) is 0.662. The molecule has 3 saturated heterocycles. The number of fused-ring (bicyclic) bond motifs is 1. The maximum absolute atomic E-state index is 16.1. The third-order valence-corrected chi connectivity index (χ3v) is 21.3. The van der Waals surface area contributed by atoms with Crippen molar-refractivity contribution in [2.24, 2.45) is 11.8 Å². The van der Waals surface area contributed by atoms with Gasteiger partial charge in [0.2, 0.25) is 70.9 Å². The largest absolute Gasteiger partial charge is 0.422 e. The number of carbonyl (C=O) groups excluding carboxylic acids is 12. The molecule has 5 aliphatic rings. The number of hydrogen-bond donors (Lipinski definition) is 3. The van der Waals surface area contributed by atoms with E-state index >= 15 is 36.7 Å². The van der Waals surface area contributed by atoms with Crippen molar-refractivity contribution < 1.29 is 115 Å². The molecule has 108 heavy (non-hydrogen) atoms. The molecular weight excluding hydrogens is 1460 g/mol. The SMILES string of the molecule is CC[C@H](C)[C@@H]1NC(=O)[C@H](CC(F)(F)F)N(C)C(=O)C[C@@H](C(=O)N2CCCC2)N(C)C(=O)[C@H](C2CCCCC2)N(C)C(=O)C2(CCCC2)NC(=O)[C@@H]2CC(F)(F)CN2C(=O)[C@H](CCc2cc(F)c(C(F)(F)F)c(F)c2)NC(=O)CN(C)C(=O)[C@H](Cc2ccc(C(F)(F)F)cc2)N(C)C(=O)CN(C)C(=O)CN(C)C1=O. The molecule has 0 aromatic heterocycles. The molecule has 600 valence electrons. The zero-order valence-corrected chi connectivity index (χ0v) is 61.5. The van der Waals surface area contributed by atoms with Gasteiger partial charge in [0.05, 0.1) is 44.6 Å². The minimum absolute atomic E-state index is 0.0221. The van der Waals surface area contributed by atoms with Gasteiger partial charge in [-0.25, -0.2) is 17.6 Å². The Bertz CT molecular complexity index is 3640. The lowest BCUT2D eigenvalue weighted by atomic mass is 9.81. The summed E-state index contributed by atoms with van der Waals surface area (Å²) in [7, 11) is 7.38. The summed E-state index contributed by atoms with van der Waals surface area (Å²) in [5.74, 6) is -23.8. The van der Waals surface area contributed by atoms with E-state index in [-0.39, 0.29) is 75.7 Å². The quantitative estimate of drug-likeness (QED) is 0.228. The first-order chi connectivity index (χ1) is 50.2. The van der Waals surface area contributed by atoms with Gasteiger partial charge in [0.25, 0.3) is 5.92 Å². The molecule has 7 rings (SSSR count). The molecule has 0 bridgehead atoms. The van der Waals surface area contributed by atoms with Crippen molar-refractivity contribution in [2.75, 3.05) is 88.6 Å². The Balaban J connectivity index is 1.34. The van der Waals surface area contributed by atoms with Crippen molar-refractivity contribution in [1.29, 1.82) is 0 Å². The van der Waals surface area contributed by atoms with Crippen LogP contribution in [0, 0.1) is 23.5 Å². The fourth-order valence-corrected chi connectivity index (χ4v) is 14.8. The summed E-state index contributed by atoms with van der Waals surface area (Å²) in [6.45, 7) is -1.28. The molecule has 2 aromatic carbocycles. The van der Waals surface area contributed by atoms with E-state index in [9.17, 15) is 77.9 Å². The zero-order chi connectivity index (χ0) is 80.6. The van der Waals surface area contributed by atoms with Crippen molar-refractivity contribution in [1.82, 2.24) is 60.0 Å². The molecule has 24 nitrogen and oxygen atoms in total. The third kappa shape index (κ3) is 21.1. The summed E-state index contributed by atoms with van der Waals surface area (Å²) in [6.07, 6.45) is -19.1. The molecule has 2 saturated carbocycles. The van der Waals surface area contributed by atoms with Gasteiger partial charge >= 0.3 is 18.5 Å². The summed E-state index contributed by atoms with van der Waals surface area (Å²) >= 11 is 0. The van der Waals surface area contributed by atoms with Gasteiger partial charge in [-0.3, -0.25) is 57.5 Å². The molecule has 0 radical (unpaired) electrons. The van der Waals surface area contributed by atoms with E-state index in [2.05, 4.69) is 16.0 Å². The molecule has 3 heterocycles. The standard InChI is InChI=1S/C71H93F13N12O12/c1-10-40(2)57-64(106)90(5)37-54(99)88(3)38-55(100)91(6)48(32-41-20-23-44(24-21-41)70(79,80)81)62(104)89(4)36-52(97)85-47(25-22-42-30-45(72)56(46(73)31-42)71(82,83)84)61(103)96-39-68(74,75)34-51(96)60(102)87-67(26-14-15-27-67)66(108)94(9)58(43-18-12-11-13-19-43)65(107)93(8)49(63(105)95-28-16-17-29-95)33-53(98)92(7)50(59(101)86-57)35-69(76,77)78/h20-21,23-24,30-31,40,43,47-51,57-58H,10-19,22,25-29,32-39H2,1-9H3,(H,85,97)(H,86,101)(H,87,102)/t40-,47-,48-,49-,50-,51-,57-,58-/m0/s1. The van der Waals surface area contributed by atoms with Crippen molar-refractivity contribution in [3.8, 4) is 0 Å². The maximum Gasteiger partial charge on any atom is 0.422 e. The molecule has 12 amide bonds. The lowest BCUT2D eigenvalue weighted by Crippen LogP contribution is -2.65. The first kappa shape index (κ1) is 86.4. The number of benzene rings is 2. The van der Waals surface area contributed by atoms with E-state index < -0.39 is 248 Å². The average Bonchev–Trinajstić information content (AvgIpc) is 1.74. The number of nitrogens with zero attached hydrogens (tertiary/aromatic N) is 9. The molecule has 37 heteroatoms. The van der Waals surface area contributed by atoms with Gasteiger partial charge < -0.3 is 60.0 Å². The van der Waals surface area contributed by atoms with E-state index in [0.717, 1.165) is 78.9 Å². The third-order valence-electron chi connectivity index (χ3n) is 21.3. The van der Waals surface area contributed by atoms with E-state index in [1.807, 2.05) is 0 Å². The predicted molar refractivity (Wildman–Crippen MR) is 359 cm³/mol. The Labute approximate surface area is 616 Å². The smallest absolute Gasteiger partial charge is 0.343 e. The predicted octanol–water partition coefficient (Wildman–Crippen LogP) is 6.10. The second-order valence-electron chi connectivity index (χ2n) is 29.1. The summed E-state index contributed by atoms with van der Waals surface area (Å²) < 4.78 is 189. The summed E-state index contributed by atoms with van der Waals surface area (Å²) in [4.78, 5) is 184. The first-order valence-electron chi connectivity index (χ1n) is 35.7. The van der Waals surface area contributed by atoms with E-state index in [1.165, 1.54) is 18.9 Å². The van der Waals surface area contributed by atoms with E-state index in [0.29, 0.717) is 58.9 Å². The second-order valence-corrected chi connectivity index (χ2v) is 29.1. The lowest BCUT2D eigenvalue weighted by molar-refractivity contribution is -0.163. The minimum atomic E-state index is -5.54. The highest BCUT2D eigenvalue weighted by Crippen LogP contribution is 2.40. The highest BCUT2D eigenvalue weighted by molar-refractivity contribution is 6.01. The van der Waals surface area contributed by atoms with E-state index in [4.69, 9.17) is 0 Å². The monoisotopic (exact) mass is 1550 g/mol. The number of rotatable bonds is 10. The fourth-order valence-electron chi connectivity index (χ4n) is 14.8. The zero-order valence-electron chi connectivity index (χ0n) is 61.5. The number of nitrogens with one attached hydrogen (secondary N) is 3. The number of likely N-dealkylation sites (tertiary alicyclic amines) is 1. The second kappa shape index (κ2) is 35.2. The molecule has 2 aromatic rings. The number of alkyl halides is 11. The minimum Gasteiger partial charge on any atom is -0.343 e. The van der Waals surface area contributed by atoms with Crippen LogP contribution in [0.4, 0.5) is 57.1 Å². The van der Waals surface area contributed by atoms with Crippen LogP contribution in [-0.4, -0.2) is 264 Å². The summed E-state index contributed by atoms with van der Waals surface area (Å²) in [5.41, 5.74) is -6.05. The van der Waals surface area contributed by atoms with Gasteiger partial charge in [-0.05, 0) is 98.6 Å². The summed E-state index contributed by atoms with van der Waals surface area (Å²) in [5, 5.41) is 7.17. The number of halogens is 13. The molecule has 3 aliphatic heterocycles. The Kier molecular flexibility index (Phi) is 28.2. The number of carbonyl (C=O) groups is 12. The Hall–Kier alpha value is -8.83. The van der Waals surface area contributed by atoms with Gasteiger partial charge in [0.1, 0.15) is 65.0 Å². The highest BCUT2D eigenvalue weighted by atomic mass is 19.4. The Morgan fingerprint density at radius 1 is 0.602 bits per heavy atom. The topological polar surface area (TPSA) is 270 Å². The van der Waals surface area contributed by atoms with Crippen LogP contribution in [0.5, 0.6) is 0 Å². The van der Waals surface area contributed by atoms with Gasteiger partial charge in [0.15, 0.2) is 0 Å². The average molecular weight is 1550 g/mol. The normalized spacial score (nSPS) is 25.4. The maximum atomic E-state index is 16.1. The highest BCUT2D eigenvalue weighted by Gasteiger charge is 2.56. The van der Waals surface area contributed by atoms with Gasteiger partial charge in [-0.2, -0.15) is 39.5 Å². The van der Waals surface area contributed by atoms with Crippen LogP contribution in [0.1, 0.15) is 139 Å². The lowest BCUT2D eigenvalue weighted by Gasteiger charge is -2.43. The molecule has 8 atom stereocenters. The van der Waals surface area contributed by atoms with Crippen molar-refractivity contribution >= 4 is 70.9 Å². The Morgan fingerprint density at radius 2 is 1.17 bits per heavy atom. The van der Waals surface area contributed by atoms with Crippen LogP contribution in [-0.2, 0) is 82.7 Å². The van der Waals surface area contributed by atoms with Crippen molar-refractivity contribution in [3.05, 3.63) is 70.3 Å². The number of aryl methyl sites for hydroxylation is 1. The van der Waals surface area contributed by atoms with Gasteiger partial charge in [-0.15, -0.1) is 0 Å². The molecular formula is C71H93F13N12O12. The van der Waals surface area contributed by atoms with Gasteiger partial charge in [-0.1, -0.05) is 64.5 Å².